The normalized spacial score (nSPS) is 20.4. The van der Waals surface area contributed by atoms with Crippen LogP contribution in [-0.2, 0) is 4.79 Å². The van der Waals surface area contributed by atoms with Crippen LogP contribution >= 0.6 is 22.9 Å². The van der Waals surface area contributed by atoms with Crippen molar-refractivity contribution in [2.24, 2.45) is 0 Å². The number of amides is 1. The molecule has 1 aliphatic rings. The molecule has 1 N–H and O–H groups in total. The maximum absolute atomic E-state index is 14.2. The van der Waals surface area contributed by atoms with E-state index < -0.39 is 18.2 Å². The smallest absolute Gasteiger partial charge is 0.343 e. The van der Waals surface area contributed by atoms with E-state index in [1.54, 1.807) is 12.1 Å². The Morgan fingerprint density at radius 2 is 2.12 bits per heavy atom. The third kappa shape index (κ3) is 3.03. The zero-order valence-electron chi connectivity index (χ0n) is 12.9. The Hall–Kier alpha value is -1.92. The fourth-order valence-electron chi connectivity index (χ4n) is 2.78. The molecular weight excluding hydrogens is 353 g/mol. The fourth-order valence-corrected chi connectivity index (χ4v) is 4.11. The number of benzene rings is 1. The van der Waals surface area contributed by atoms with Crippen LogP contribution in [-0.4, -0.2) is 40.6 Å². The van der Waals surface area contributed by atoms with Crippen LogP contribution in [0.25, 0.3) is 10.4 Å². The molecule has 126 valence electrons. The highest BCUT2D eigenvalue weighted by atomic mass is 35.5. The Bertz CT molecular complexity index is 822. The van der Waals surface area contributed by atoms with Crippen molar-refractivity contribution < 1.29 is 19.1 Å². The number of rotatable bonds is 3. The molecule has 1 fully saturated rings. The summed E-state index contributed by atoms with van der Waals surface area (Å²) in [5, 5.41) is 9.55. The molecule has 2 heterocycles. The lowest BCUT2D eigenvalue weighted by molar-refractivity contribution is -0.149. The molecule has 7 heteroatoms. The largest absolute Gasteiger partial charge is 0.479 e. The van der Waals surface area contributed by atoms with E-state index in [0.29, 0.717) is 9.90 Å². The molecule has 1 unspecified atom stereocenters. The van der Waals surface area contributed by atoms with Gasteiger partial charge in [-0.25, -0.2) is 9.18 Å². The van der Waals surface area contributed by atoms with Gasteiger partial charge in [0.2, 0.25) is 5.67 Å². The summed E-state index contributed by atoms with van der Waals surface area (Å²) in [5.41, 5.74) is -0.511. The van der Waals surface area contributed by atoms with Gasteiger partial charge in [-0.1, -0.05) is 23.7 Å². The van der Waals surface area contributed by atoms with Crippen molar-refractivity contribution in [3.05, 3.63) is 45.8 Å². The molecule has 0 saturated carbocycles. The number of hydrogen-bond donors (Lipinski definition) is 1. The highest BCUT2D eigenvalue weighted by Crippen LogP contribution is 2.35. The molecule has 1 saturated heterocycles. The molecule has 1 atom stereocenters. The topological polar surface area (TPSA) is 57.6 Å². The van der Waals surface area contributed by atoms with Crippen LogP contribution in [0.15, 0.2) is 30.3 Å². The second kappa shape index (κ2) is 6.18. The van der Waals surface area contributed by atoms with E-state index >= 15 is 0 Å². The molecule has 0 aliphatic carbocycles. The van der Waals surface area contributed by atoms with E-state index in [2.05, 4.69) is 0 Å². The van der Waals surface area contributed by atoms with Gasteiger partial charge in [0.15, 0.2) is 0 Å². The number of aliphatic carboxylic acids is 1. The molecule has 2 aromatic rings. The number of aryl methyl sites for hydroxylation is 1. The molecule has 0 spiro atoms. The Morgan fingerprint density at radius 3 is 2.75 bits per heavy atom. The van der Waals surface area contributed by atoms with Gasteiger partial charge in [-0.3, -0.25) is 4.79 Å². The zero-order chi connectivity index (χ0) is 17.5. The van der Waals surface area contributed by atoms with Crippen molar-refractivity contribution >= 4 is 34.8 Å². The molecule has 3 rings (SSSR count). The van der Waals surface area contributed by atoms with Crippen LogP contribution in [0.3, 0.4) is 0 Å². The monoisotopic (exact) mass is 367 g/mol. The number of thiophene rings is 1. The second-order valence-corrected chi connectivity index (χ2v) is 7.37. The van der Waals surface area contributed by atoms with Gasteiger partial charge in [-0.05, 0) is 36.2 Å². The van der Waals surface area contributed by atoms with Crippen LogP contribution in [0.1, 0.15) is 21.7 Å². The number of carbonyl (C=O) groups excluding carboxylic acids is 1. The van der Waals surface area contributed by atoms with Gasteiger partial charge in [0.1, 0.15) is 0 Å². The summed E-state index contributed by atoms with van der Waals surface area (Å²) in [6.45, 7) is 1.58. The third-order valence-corrected chi connectivity index (χ3v) is 5.61. The Kier molecular flexibility index (Phi) is 4.36. The number of alkyl halides is 1. The lowest BCUT2D eigenvalue weighted by atomic mass is 10.1. The number of nitrogens with zero attached hydrogens (tertiary/aromatic N) is 1. The SMILES string of the molecule is Cc1cc(C(=O)N2CCC(F)(C(=O)O)C2)sc1-c1cccc(Cl)c1. The lowest BCUT2D eigenvalue weighted by Crippen LogP contribution is -2.38. The number of carboxylic acids is 1. The van der Waals surface area contributed by atoms with E-state index in [4.69, 9.17) is 16.7 Å². The summed E-state index contributed by atoms with van der Waals surface area (Å²) in [6, 6.07) is 9.09. The van der Waals surface area contributed by atoms with Crippen LogP contribution in [0.2, 0.25) is 5.02 Å². The van der Waals surface area contributed by atoms with Crippen molar-refractivity contribution in [1.82, 2.24) is 4.90 Å². The van der Waals surface area contributed by atoms with Crippen LogP contribution in [0, 0.1) is 6.92 Å². The van der Waals surface area contributed by atoms with Gasteiger partial charge in [-0.2, -0.15) is 0 Å². The minimum atomic E-state index is -2.35. The van der Waals surface area contributed by atoms with E-state index in [0.717, 1.165) is 16.0 Å². The first-order valence-corrected chi connectivity index (χ1v) is 8.57. The molecule has 24 heavy (non-hydrogen) atoms. The van der Waals surface area contributed by atoms with E-state index in [1.807, 2.05) is 25.1 Å². The molecular formula is C17H15ClFNO3S. The third-order valence-electron chi connectivity index (χ3n) is 4.11. The van der Waals surface area contributed by atoms with Gasteiger partial charge in [0.25, 0.3) is 5.91 Å². The molecule has 1 amide bonds. The van der Waals surface area contributed by atoms with Crippen molar-refractivity contribution in [2.45, 2.75) is 19.0 Å². The van der Waals surface area contributed by atoms with Crippen LogP contribution in [0.5, 0.6) is 0 Å². The summed E-state index contributed by atoms with van der Waals surface area (Å²) in [7, 11) is 0. The minimum Gasteiger partial charge on any atom is -0.479 e. The van der Waals surface area contributed by atoms with Gasteiger partial charge in [-0.15, -0.1) is 11.3 Å². The van der Waals surface area contributed by atoms with Crippen molar-refractivity contribution in [3.8, 4) is 10.4 Å². The first-order chi connectivity index (χ1) is 11.3. The number of halogens is 2. The van der Waals surface area contributed by atoms with Gasteiger partial charge in [0, 0.05) is 22.9 Å². The maximum atomic E-state index is 14.2. The van der Waals surface area contributed by atoms with Crippen LogP contribution in [0.4, 0.5) is 4.39 Å². The van der Waals surface area contributed by atoms with E-state index in [9.17, 15) is 14.0 Å². The quantitative estimate of drug-likeness (QED) is 0.891. The Morgan fingerprint density at radius 1 is 1.38 bits per heavy atom. The van der Waals surface area contributed by atoms with E-state index in [1.165, 1.54) is 16.2 Å². The average molecular weight is 368 g/mol. The van der Waals surface area contributed by atoms with Crippen molar-refractivity contribution in [2.75, 3.05) is 13.1 Å². The highest BCUT2D eigenvalue weighted by molar-refractivity contribution is 7.17. The minimum absolute atomic E-state index is 0.102. The van der Waals surface area contributed by atoms with Crippen molar-refractivity contribution in [3.63, 3.8) is 0 Å². The molecule has 4 nitrogen and oxygen atoms in total. The zero-order valence-corrected chi connectivity index (χ0v) is 14.5. The first kappa shape index (κ1) is 16.9. The van der Waals surface area contributed by atoms with Crippen molar-refractivity contribution in [1.29, 1.82) is 0 Å². The molecule has 1 aliphatic heterocycles. The summed E-state index contributed by atoms with van der Waals surface area (Å²) >= 11 is 7.32. The summed E-state index contributed by atoms with van der Waals surface area (Å²) < 4.78 is 14.2. The predicted octanol–water partition coefficient (Wildman–Crippen LogP) is 4.02. The summed E-state index contributed by atoms with van der Waals surface area (Å²) in [5.74, 6) is -1.85. The predicted molar refractivity (Wildman–Crippen MR) is 91.5 cm³/mol. The number of carbonyl (C=O) groups is 2. The number of hydrogen-bond acceptors (Lipinski definition) is 3. The van der Waals surface area contributed by atoms with Gasteiger partial charge >= 0.3 is 5.97 Å². The maximum Gasteiger partial charge on any atom is 0.343 e. The molecule has 0 bridgehead atoms. The second-order valence-electron chi connectivity index (χ2n) is 5.88. The Balaban J connectivity index is 1.85. The molecule has 0 radical (unpaired) electrons. The summed E-state index contributed by atoms with van der Waals surface area (Å²) in [6.07, 6.45) is -0.181. The first-order valence-electron chi connectivity index (χ1n) is 7.38. The van der Waals surface area contributed by atoms with Crippen LogP contribution < -0.4 is 0 Å². The average Bonchev–Trinajstić information content (AvgIpc) is 3.11. The molecule has 1 aromatic heterocycles. The fraction of sp³-hybridized carbons (Fsp3) is 0.294. The Labute approximate surface area is 147 Å². The van der Waals surface area contributed by atoms with Gasteiger partial charge < -0.3 is 10.0 Å². The highest BCUT2D eigenvalue weighted by Gasteiger charge is 2.47. The van der Waals surface area contributed by atoms with Gasteiger partial charge in [0.05, 0.1) is 11.4 Å². The summed E-state index contributed by atoms with van der Waals surface area (Å²) in [4.78, 5) is 26.2. The molecule has 1 aromatic carbocycles. The number of likely N-dealkylation sites (tertiary alicyclic amines) is 1. The number of carboxylic acid groups (broad SMARTS) is 1. The van der Waals surface area contributed by atoms with E-state index in [-0.39, 0.29) is 18.9 Å². The lowest BCUT2D eigenvalue weighted by Gasteiger charge is -2.16. The standard InChI is InChI=1S/C17H15ClFNO3S/c1-10-7-13(24-14(10)11-3-2-4-12(18)8-11)15(21)20-6-5-17(19,9-20)16(22)23/h2-4,7-8H,5-6,9H2,1H3,(H,22,23).